The molecule has 3 rings (SSSR count). The lowest BCUT2D eigenvalue weighted by Gasteiger charge is -2.17. The van der Waals surface area contributed by atoms with Crippen molar-refractivity contribution in [2.45, 2.75) is 13.8 Å². The van der Waals surface area contributed by atoms with E-state index < -0.39 is 7.82 Å². The largest absolute Gasteiger partial charge is 0.531 e. The predicted molar refractivity (Wildman–Crippen MR) is 102 cm³/mol. The minimum absolute atomic E-state index is 0.142. The van der Waals surface area contributed by atoms with Gasteiger partial charge < -0.3 is 4.52 Å². The van der Waals surface area contributed by atoms with Crippen LogP contribution in [-0.4, -0.2) is 31.4 Å². The van der Waals surface area contributed by atoms with E-state index in [4.69, 9.17) is 13.6 Å². The van der Waals surface area contributed by atoms with Crippen molar-refractivity contribution in [3.63, 3.8) is 0 Å². The zero-order valence-corrected chi connectivity index (χ0v) is 15.7. The molecular weight excluding hydrogens is 351 g/mol. The normalized spacial score (nSPS) is 14.1. The molecule has 0 aliphatic carbocycles. The van der Waals surface area contributed by atoms with Crippen molar-refractivity contribution >= 4 is 25.1 Å². The van der Waals surface area contributed by atoms with Crippen molar-refractivity contribution < 1.29 is 18.1 Å². The van der Waals surface area contributed by atoms with E-state index in [1.165, 1.54) is 0 Å². The van der Waals surface area contributed by atoms with Crippen LogP contribution < -0.4 is 0 Å². The number of benzene rings is 2. The fraction of sp³-hybridized carbons (Fsp3) is 0.263. The van der Waals surface area contributed by atoms with Crippen LogP contribution in [0.1, 0.15) is 25.0 Å². The molecule has 1 aliphatic rings. The van der Waals surface area contributed by atoms with Gasteiger partial charge in [-0.2, -0.15) is 0 Å². The molecule has 0 amide bonds. The highest BCUT2D eigenvalue weighted by atomic mass is 31.2. The molecule has 0 aromatic heterocycles. The van der Waals surface area contributed by atoms with Crippen LogP contribution in [0.15, 0.2) is 64.6 Å². The Balaban J connectivity index is 1.98. The highest BCUT2D eigenvalue weighted by molar-refractivity contribution is 7.49. The van der Waals surface area contributed by atoms with Gasteiger partial charge in [0.15, 0.2) is 0 Å². The van der Waals surface area contributed by atoms with Crippen molar-refractivity contribution in [3.05, 3.63) is 65.7 Å². The first kappa shape index (κ1) is 18.5. The molecule has 0 atom stereocenters. The summed E-state index contributed by atoms with van der Waals surface area (Å²) in [5.41, 5.74) is 3.38. The van der Waals surface area contributed by atoms with Crippen LogP contribution in [0, 0.1) is 0 Å². The van der Waals surface area contributed by atoms with Gasteiger partial charge in [-0.3, -0.25) is 14.0 Å². The molecule has 0 saturated carbocycles. The van der Waals surface area contributed by atoms with E-state index in [1.807, 2.05) is 54.6 Å². The highest BCUT2D eigenvalue weighted by Crippen LogP contribution is 2.49. The standard InChI is InChI=1S/C19H21N2O4P/c1-3-23-26(22,24-4-2)25-18-14-20-19(15-10-6-5-7-11-15)16-12-8-9-13-17(16)21-18/h5-13H,3-4,14H2,1-2H3. The molecule has 0 saturated heterocycles. The Morgan fingerprint density at radius 3 is 2.31 bits per heavy atom. The van der Waals surface area contributed by atoms with Crippen molar-refractivity contribution in [3.8, 4) is 0 Å². The SMILES string of the molecule is CCOP(=O)(OCC)OC1=Nc2ccccc2C(c2ccccc2)=NC1. The van der Waals surface area contributed by atoms with E-state index in [0.717, 1.165) is 16.8 Å². The number of rotatable bonds is 6. The molecule has 7 heteroatoms. The number of hydrogen-bond donors (Lipinski definition) is 0. The van der Waals surface area contributed by atoms with Gasteiger partial charge in [-0.1, -0.05) is 48.5 Å². The predicted octanol–water partition coefficient (Wildman–Crippen LogP) is 4.77. The first-order valence-corrected chi connectivity index (χ1v) is 9.97. The minimum atomic E-state index is -3.71. The molecule has 2 aromatic carbocycles. The molecule has 1 heterocycles. The number of nitrogens with zero attached hydrogens (tertiary/aromatic N) is 2. The second-order valence-corrected chi connectivity index (χ2v) is 7.02. The van der Waals surface area contributed by atoms with Gasteiger partial charge in [0.05, 0.1) is 24.6 Å². The van der Waals surface area contributed by atoms with Gasteiger partial charge in [-0.15, -0.1) is 0 Å². The monoisotopic (exact) mass is 372 g/mol. The van der Waals surface area contributed by atoms with Gasteiger partial charge in [0, 0.05) is 11.1 Å². The van der Waals surface area contributed by atoms with Crippen molar-refractivity contribution in [2.24, 2.45) is 9.98 Å². The second-order valence-electron chi connectivity index (χ2n) is 5.43. The average Bonchev–Trinajstić information content (AvgIpc) is 2.81. The maximum atomic E-state index is 12.7. The summed E-state index contributed by atoms with van der Waals surface area (Å²) >= 11 is 0. The van der Waals surface area contributed by atoms with Crippen LogP contribution in [0.3, 0.4) is 0 Å². The molecule has 6 nitrogen and oxygen atoms in total. The maximum absolute atomic E-state index is 12.7. The molecule has 2 aromatic rings. The van der Waals surface area contributed by atoms with E-state index in [0.29, 0.717) is 5.69 Å². The van der Waals surface area contributed by atoms with Crippen LogP contribution in [0.5, 0.6) is 0 Å². The lowest BCUT2D eigenvalue weighted by atomic mass is 10.0. The summed E-state index contributed by atoms with van der Waals surface area (Å²) in [4.78, 5) is 9.16. The number of phosphoric acid groups is 1. The van der Waals surface area contributed by atoms with Gasteiger partial charge in [0.1, 0.15) is 6.54 Å². The summed E-state index contributed by atoms with van der Waals surface area (Å²) < 4.78 is 28.6. The van der Waals surface area contributed by atoms with Crippen LogP contribution in [0.4, 0.5) is 5.69 Å². The smallest absolute Gasteiger partial charge is 0.388 e. The van der Waals surface area contributed by atoms with E-state index in [9.17, 15) is 4.57 Å². The molecule has 136 valence electrons. The maximum Gasteiger partial charge on any atom is 0.531 e. The van der Waals surface area contributed by atoms with Crippen molar-refractivity contribution in [2.75, 3.05) is 19.8 Å². The minimum Gasteiger partial charge on any atom is -0.388 e. The fourth-order valence-corrected chi connectivity index (χ4v) is 3.77. The first-order chi connectivity index (χ1) is 12.6. The molecule has 0 spiro atoms. The van der Waals surface area contributed by atoms with Crippen LogP contribution in [0.25, 0.3) is 0 Å². The van der Waals surface area contributed by atoms with Crippen LogP contribution in [-0.2, 0) is 18.1 Å². The zero-order chi connectivity index (χ0) is 18.4. The second kappa shape index (κ2) is 8.41. The Labute approximate surface area is 153 Å². The van der Waals surface area contributed by atoms with Crippen molar-refractivity contribution in [1.82, 2.24) is 0 Å². The molecule has 1 aliphatic heterocycles. The Morgan fingerprint density at radius 1 is 0.962 bits per heavy atom. The highest BCUT2D eigenvalue weighted by Gasteiger charge is 2.30. The quantitative estimate of drug-likeness (QED) is 0.685. The van der Waals surface area contributed by atoms with Gasteiger partial charge >= 0.3 is 7.82 Å². The molecule has 0 radical (unpaired) electrons. The third-order valence-corrected chi connectivity index (χ3v) is 5.20. The fourth-order valence-electron chi connectivity index (χ4n) is 2.60. The van der Waals surface area contributed by atoms with E-state index >= 15 is 0 Å². The molecule has 0 bridgehead atoms. The van der Waals surface area contributed by atoms with Gasteiger partial charge in [-0.05, 0) is 19.9 Å². The Kier molecular flexibility index (Phi) is 5.99. The zero-order valence-electron chi connectivity index (χ0n) is 14.8. The Bertz CT molecular complexity index is 855. The number of aliphatic imine (C=N–C) groups is 2. The van der Waals surface area contributed by atoms with E-state index in [2.05, 4.69) is 9.98 Å². The number of fused-ring (bicyclic) bond motifs is 1. The molecule has 0 fully saturated rings. The lowest BCUT2D eigenvalue weighted by Crippen LogP contribution is -2.11. The molecule has 26 heavy (non-hydrogen) atoms. The van der Waals surface area contributed by atoms with Gasteiger partial charge in [-0.25, -0.2) is 9.56 Å². The molecular formula is C19H21N2O4P. The number of para-hydroxylation sites is 1. The topological polar surface area (TPSA) is 69.5 Å². The third-order valence-electron chi connectivity index (χ3n) is 3.62. The summed E-state index contributed by atoms with van der Waals surface area (Å²) in [5.74, 6) is 0.202. The van der Waals surface area contributed by atoms with Crippen molar-refractivity contribution in [1.29, 1.82) is 0 Å². The van der Waals surface area contributed by atoms with Crippen LogP contribution >= 0.6 is 7.82 Å². The van der Waals surface area contributed by atoms with E-state index in [1.54, 1.807) is 13.8 Å². The summed E-state index contributed by atoms with van der Waals surface area (Å²) in [6, 6.07) is 17.5. The van der Waals surface area contributed by atoms with Crippen LogP contribution in [0.2, 0.25) is 0 Å². The Hall–Kier alpha value is -2.27. The lowest BCUT2D eigenvalue weighted by molar-refractivity contribution is 0.164. The summed E-state index contributed by atoms with van der Waals surface area (Å²) in [5, 5.41) is 0. The number of phosphoric ester groups is 1. The Morgan fingerprint density at radius 2 is 1.62 bits per heavy atom. The number of hydrogen-bond acceptors (Lipinski definition) is 6. The summed E-state index contributed by atoms with van der Waals surface area (Å²) in [6.45, 7) is 4.01. The first-order valence-electron chi connectivity index (χ1n) is 8.50. The third kappa shape index (κ3) is 4.28. The van der Waals surface area contributed by atoms with E-state index in [-0.39, 0.29) is 25.7 Å². The average molecular weight is 372 g/mol. The van der Waals surface area contributed by atoms with Gasteiger partial charge in [0.2, 0.25) is 5.90 Å². The summed E-state index contributed by atoms with van der Waals surface area (Å²) in [6.07, 6.45) is 0. The summed E-state index contributed by atoms with van der Waals surface area (Å²) in [7, 11) is -3.71. The van der Waals surface area contributed by atoms with Gasteiger partial charge in [0.25, 0.3) is 0 Å². The molecule has 0 unspecified atom stereocenters. The molecule has 0 N–H and O–H groups in total.